The van der Waals surface area contributed by atoms with Crippen LogP contribution in [0.2, 0.25) is 0 Å². The third-order valence-electron chi connectivity index (χ3n) is 4.91. The molecule has 0 aromatic carbocycles. The molecule has 10 nitrogen and oxygen atoms in total. The second kappa shape index (κ2) is 8.64. The fraction of sp³-hybridized carbons (Fsp3) is 0.588. The lowest BCUT2D eigenvalue weighted by molar-refractivity contribution is -0.147. The Bertz CT molecular complexity index is 941. The summed E-state index contributed by atoms with van der Waals surface area (Å²) in [5, 5.41) is 19.8. The molecule has 2 unspecified atom stereocenters. The van der Waals surface area contributed by atoms with Gasteiger partial charge in [-0.05, 0) is 12.8 Å². The van der Waals surface area contributed by atoms with E-state index in [1.54, 1.807) is 0 Å². The second-order valence-electron chi connectivity index (χ2n) is 7.11. The molecule has 1 aliphatic rings. The number of amides is 1. The third-order valence-corrected chi connectivity index (χ3v) is 4.91. The smallest absolute Gasteiger partial charge is 0.326 e. The largest absolute Gasteiger partial charge is 0.392 e. The SMILES string of the molecule is O=C(NCc1cc(=O)[nH]c(=O)[nH]1)C(F)(F)CCn1cc(C2CCCCC2O)nn1. The summed E-state index contributed by atoms with van der Waals surface area (Å²) in [6, 6.07) is 0.996. The van der Waals surface area contributed by atoms with Gasteiger partial charge in [-0.15, -0.1) is 5.10 Å². The van der Waals surface area contributed by atoms with E-state index in [0.717, 1.165) is 25.3 Å². The normalized spacial score (nSPS) is 19.8. The first-order valence-electron chi connectivity index (χ1n) is 9.31. The van der Waals surface area contributed by atoms with Crippen LogP contribution in [0.5, 0.6) is 0 Å². The molecule has 2 aromatic rings. The van der Waals surface area contributed by atoms with E-state index in [0.29, 0.717) is 12.1 Å². The van der Waals surface area contributed by atoms with Crippen LogP contribution in [-0.4, -0.2) is 48.0 Å². The number of nitrogens with one attached hydrogen (secondary N) is 3. The highest BCUT2D eigenvalue weighted by atomic mass is 19.3. The number of rotatable bonds is 7. The fourth-order valence-electron chi connectivity index (χ4n) is 3.34. The maximum Gasteiger partial charge on any atom is 0.326 e. The first kappa shape index (κ1) is 20.8. The Morgan fingerprint density at radius 2 is 2.07 bits per heavy atom. The maximum atomic E-state index is 14.1. The Balaban J connectivity index is 1.54. The second-order valence-corrected chi connectivity index (χ2v) is 7.11. The molecule has 1 amide bonds. The Hall–Kier alpha value is -2.89. The third kappa shape index (κ3) is 5.34. The number of carbonyl (C=O) groups is 1. The van der Waals surface area contributed by atoms with Gasteiger partial charge < -0.3 is 15.4 Å². The molecular formula is C17H22F2N6O4. The van der Waals surface area contributed by atoms with Gasteiger partial charge in [0.2, 0.25) is 0 Å². The predicted octanol–water partition coefficient (Wildman–Crippen LogP) is 0.0150. The fourth-order valence-corrected chi connectivity index (χ4v) is 3.34. The van der Waals surface area contributed by atoms with Crippen LogP contribution < -0.4 is 16.6 Å². The van der Waals surface area contributed by atoms with E-state index in [1.165, 1.54) is 10.9 Å². The summed E-state index contributed by atoms with van der Waals surface area (Å²) >= 11 is 0. The van der Waals surface area contributed by atoms with Gasteiger partial charge in [0.25, 0.3) is 11.5 Å². The summed E-state index contributed by atoms with van der Waals surface area (Å²) in [6.45, 7) is -0.654. The Kier molecular flexibility index (Phi) is 6.20. The first-order valence-corrected chi connectivity index (χ1v) is 9.31. The minimum absolute atomic E-state index is 0.00913. The molecule has 4 N–H and O–H groups in total. The number of halogens is 2. The highest BCUT2D eigenvalue weighted by Gasteiger charge is 2.38. The molecule has 0 radical (unpaired) electrons. The van der Waals surface area contributed by atoms with Gasteiger partial charge in [0, 0.05) is 36.8 Å². The van der Waals surface area contributed by atoms with Crippen molar-refractivity contribution in [2.45, 2.75) is 63.1 Å². The molecule has 0 bridgehead atoms. The van der Waals surface area contributed by atoms with Gasteiger partial charge in [-0.3, -0.25) is 19.3 Å². The van der Waals surface area contributed by atoms with Gasteiger partial charge in [0.05, 0.1) is 18.3 Å². The van der Waals surface area contributed by atoms with Crippen LogP contribution in [0, 0.1) is 0 Å². The number of carbonyl (C=O) groups excluding carboxylic acids is 1. The molecule has 2 heterocycles. The van der Waals surface area contributed by atoms with E-state index in [1.807, 2.05) is 10.3 Å². The van der Waals surface area contributed by atoms with E-state index in [2.05, 4.69) is 15.3 Å². The predicted molar refractivity (Wildman–Crippen MR) is 96.3 cm³/mol. The van der Waals surface area contributed by atoms with E-state index in [4.69, 9.17) is 0 Å². The van der Waals surface area contributed by atoms with Crippen molar-refractivity contribution in [3.8, 4) is 0 Å². The number of nitrogens with zero attached hydrogens (tertiary/aromatic N) is 3. The van der Waals surface area contributed by atoms with E-state index in [9.17, 15) is 28.3 Å². The van der Waals surface area contributed by atoms with Crippen molar-refractivity contribution in [3.05, 3.63) is 44.5 Å². The number of aryl methyl sites for hydroxylation is 1. The van der Waals surface area contributed by atoms with Crippen molar-refractivity contribution < 1.29 is 18.7 Å². The minimum Gasteiger partial charge on any atom is -0.392 e. The Morgan fingerprint density at radius 3 is 2.79 bits per heavy atom. The number of hydrogen-bond donors (Lipinski definition) is 4. The molecule has 0 aliphatic heterocycles. The molecule has 1 aliphatic carbocycles. The zero-order valence-corrected chi connectivity index (χ0v) is 15.5. The average Bonchev–Trinajstić information content (AvgIpc) is 3.13. The molecule has 12 heteroatoms. The van der Waals surface area contributed by atoms with Crippen molar-refractivity contribution in [1.29, 1.82) is 0 Å². The van der Waals surface area contributed by atoms with Crippen LogP contribution in [0.1, 0.15) is 49.4 Å². The zero-order chi connectivity index (χ0) is 21.0. The molecule has 2 aromatic heterocycles. The lowest BCUT2D eigenvalue weighted by atomic mass is 9.85. The van der Waals surface area contributed by atoms with Crippen LogP contribution in [0.15, 0.2) is 21.9 Å². The van der Waals surface area contributed by atoms with Crippen molar-refractivity contribution in [3.63, 3.8) is 0 Å². The number of aliphatic hydroxyl groups excluding tert-OH is 1. The van der Waals surface area contributed by atoms with Gasteiger partial charge >= 0.3 is 11.6 Å². The molecule has 0 spiro atoms. The minimum atomic E-state index is -3.68. The van der Waals surface area contributed by atoms with Gasteiger partial charge in [0.1, 0.15) is 0 Å². The molecular weight excluding hydrogens is 390 g/mol. The van der Waals surface area contributed by atoms with Crippen molar-refractivity contribution >= 4 is 5.91 Å². The lowest BCUT2D eigenvalue weighted by Gasteiger charge is -2.25. The quantitative estimate of drug-likeness (QED) is 0.504. The van der Waals surface area contributed by atoms with Crippen LogP contribution in [0.4, 0.5) is 8.78 Å². The summed E-state index contributed by atoms with van der Waals surface area (Å²) in [7, 11) is 0. The van der Waals surface area contributed by atoms with Crippen LogP contribution in [-0.2, 0) is 17.9 Å². The molecule has 158 valence electrons. The first-order chi connectivity index (χ1) is 13.7. The Labute approximate surface area is 163 Å². The molecule has 1 saturated carbocycles. The van der Waals surface area contributed by atoms with E-state index in [-0.39, 0.29) is 18.2 Å². The van der Waals surface area contributed by atoms with Crippen LogP contribution >= 0.6 is 0 Å². The van der Waals surface area contributed by atoms with E-state index < -0.39 is 42.1 Å². The van der Waals surface area contributed by atoms with Gasteiger partial charge in [-0.1, -0.05) is 18.1 Å². The number of H-pyrrole nitrogens is 2. The number of aliphatic hydroxyl groups is 1. The molecule has 1 fully saturated rings. The summed E-state index contributed by atoms with van der Waals surface area (Å²) < 4.78 is 29.5. The maximum absolute atomic E-state index is 14.1. The standard InChI is InChI=1S/C17H22F2N6O4/c18-17(19,15(28)20-8-10-7-14(27)22-16(29)21-10)5-6-25-9-12(23-24-25)11-3-1-2-4-13(11)26/h7,9,11,13,26H,1-6,8H2,(H,20,28)(H2,21,22,27,29). The summed E-state index contributed by atoms with van der Waals surface area (Å²) in [5.74, 6) is -5.36. The molecule has 29 heavy (non-hydrogen) atoms. The summed E-state index contributed by atoms with van der Waals surface area (Å²) in [6.07, 6.45) is 3.55. The van der Waals surface area contributed by atoms with Crippen LogP contribution in [0.25, 0.3) is 0 Å². The highest BCUT2D eigenvalue weighted by Crippen LogP contribution is 2.31. The summed E-state index contributed by atoms with van der Waals surface area (Å²) in [5.41, 5.74) is -0.925. The van der Waals surface area contributed by atoms with Crippen molar-refractivity contribution in [1.82, 2.24) is 30.3 Å². The number of hydrogen-bond acceptors (Lipinski definition) is 6. The monoisotopic (exact) mass is 412 g/mol. The van der Waals surface area contributed by atoms with Gasteiger partial charge in [-0.25, -0.2) is 4.79 Å². The Morgan fingerprint density at radius 1 is 1.31 bits per heavy atom. The topological polar surface area (TPSA) is 146 Å². The average molecular weight is 412 g/mol. The van der Waals surface area contributed by atoms with Gasteiger partial charge in [0.15, 0.2) is 0 Å². The number of alkyl halides is 2. The lowest BCUT2D eigenvalue weighted by Crippen LogP contribution is -2.41. The van der Waals surface area contributed by atoms with Crippen LogP contribution in [0.3, 0.4) is 0 Å². The summed E-state index contributed by atoms with van der Waals surface area (Å²) in [4.78, 5) is 38.3. The van der Waals surface area contributed by atoms with Crippen molar-refractivity contribution in [2.75, 3.05) is 0 Å². The molecule has 0 saturated heterocycles. The van der Waals surface area contributed by atoms with Gasteiger partial charge in [-0.2, -0.15) is 8.78 Å². The number of aromatic nitrogens is 5. The van der Waals surface area contributed by atoms with E-state index >= 15 is 0 Å². The molecule has 3 rings (SSSR count). The number of aromatic amines is 2. The highest BCUT2D eigenvalue weighted by molar-refractivity contribution is 5.83. The molecule has 2 atom stereocenters. The van der Waals surface area contributed by atoms with Crippen molar-refractivity contribution in [2.24, 2.45) is 0 Å². The zero-order valence-electron chi connectivity index (χ0n) is 15.5.